The Morgan fingerprint density at radius 2 is 2.42 bits per heavy atom. The smallest absolute Gasteiger partial charge is 0.121 e. The molecular weight excluding hydrogens is 154 g/mol. The molecule has 0 fully saturated rings. The maximum absolute atomic E-state index is 8.50. The topological polar surface area (TPSA) is 70.6 Å². The third-order valence-electron chi connectivity index (χ3n) is 1.50. The molecule has 12 heavy (non-hydrogen) atoms. The number of aliphatic imine (C=N–C) groups is 1. The number of nitrogens with two attached hydrogens (primary N) is 1. The summed E-state index contributed by atoms with van der Waals surface area (Å²) in [6.07, 6.45) is 7.51. The van der Waals surface area contributed by atoms with E-state index < -0.39 is 0 Å². The van der Waals surface area contributed by atoms with Crippen molar-refractivity contribution in [2.45, 2.75) is 6.04 Å². The maximum atomic E-state index is 8.50. The summed E-state index contributed by atoms with van der Waals surface area (Å²) >= 11 is 0. The molecule has 1 unspecified atom stereocenters. The number of hydrogen-bond acceptors (Lipinski definition) is 3. The normalized spacial score (nSPS) is 22.4. The highest BCUT2D eigenvalue weighted by Gasteiger charge is 2.07. The van der Waals surface area contributed by atoms with Crippen LogP contribution in [0.1, 0.15) is 0 Å². The van der Waals surface area contributed by atoms with Crippen LogP contribution in [-0.4, -0.2) is 30.1 Å². The van der Waals surface area contributed by atoms with Crippen LogP contribution in [0.5, 0.6) is 0 Å². The molecule has 4 N–H and O–H groups in total. The van der Waals surface area contributed by atoms with Gasteiger partial charge in [0.15, 0.2) is 0 Å². The van der Waals surface area contributed by atoms with Crippen LogP contribution in [0, 0.1) is 0 Å². The van der Waals surface area contributed by atoms with Crippen LogP contribution < -0.4 is 11.1 Å². The summed E-state index contributed by atoms with van der Waals surface area (Å²) in [5.74, 6) is 0.504. The quantitative estimate of drug-likeness (QED) is 0.387. The minimum atomic E-state index is -0.0263. The van der Waals surface area contributed by atoms with Crippen molar-refractivity contribution in [1.82, 2.24) is 5.32 Å². The Balaban J connectivity index is 2.46. The third kappa shape index (κ3) is 2.39. The molecule has 0 aliphatic carbocycles. The summed E-state index contributed by atoms with van der Waals surface area (Å²) in [7, 11) is 0. The zero-order valence-electron chi connectivity index (χ0n) is 6.77. The van der Waals surface area contributed by atoms with Gasteiger partial charge in [0.25, 0.3) is 0 Å². The summed E-state index contributed by atoms with van der Waals surface area (Å²) in [5, 5.41) is 11.5. The van der Waals surface area contributed by atoms with Crippen LogP contribution in [0.4, 0.5) is 0 Å². The van der Waals surface area contributed by atoms with Gasteiger partial charge >= 0.3 is 0 Å². The van der Waals surface area contributed by atoms with Crippen LogP contribution in [0.3, 0.4) is 0 Å². The van der Waals surface area contributed by atoms with Crippen molar-refractivity contribution in [2.75, 3.05) is 13.2 Å². The first kappa shape index (κ1) is 8.80. The SMILES string of the molecule is NC(=NCCO)C1C=CC=CN1. The minimum absolute atomic E-state index is 0.0263. The lowest BCUT2D eigenvalue weighted by Crippen LogP contribution is -2.38. The molecule has 0 aromatic heterocycles. The number of nitrogens with one attached hydrogen (secondary N) is 1. The van der Waals surface area contributed by atoms with Crippen LogP contribution >= 0.6 is 0 Å². The second kappa shape index (κ2) is 4.56. The summed E-state index contributed by atoms with van der Waals surface area (Å²) in [6.45, 7) is 0.397. The molecule has 1 aliphatic heterocycles. The summed E-state index contributed by atoms with van der Waals surface area (Å²) < 4.78 is 0. The van der Waals surface area contributed by atoms with Gasteiger partial charge in [-0.15, -0.1) is 0 Å². The van der Waals surface area contributed by atoms with E-state index in [0.717, 1.165) is 0 Å². The number of rotatable bonds is 3. The van der Waals surface area contributed by atoms with Crippen molar-refractivity contribution >= 4 is 5.84 Å². The Hall–Kier alpha value is -1.29. The number of dihydropyridines is 1. The second-order valence-electron chi connectivity index (χ2n) is 2.42. The van der Waals surface area contributed by atoms with Crippen molar-refractivity contribution in [3.63, 3.8) is 0 Å². The van der Waals surface area contributed by atoms with Gasteiger partial charge in [-0.2, -0.15) is 0 Å². The fourth-order valence-electron chi connectivity index (χ4n) is 0.907. The molecule has 66 valence electrons. The van der Waals surface area contributed by atoms with Crippen LogP contribution in [0.2, 0.25) is 0 Å². The largest absolute Gasteiger partial charge is 0.394 e. The molecule has 1 aliphatic rings. The fourth-order valence-corrected chi connectivity index (χ4v) is 0.907. The lowest BCUT2D eigenvalue weighted by atomic mass is 10.2. The lowest BCUT2D eigenvalue weighted by Gasteiger charge is -2.14. The van der Waals surface area contributed by atoms with Gasteiger partial charge in [0, 0.05) is 0 Å². The molecule has 4 nitrogen and oxygen atoms in total. The van der Waals surface area contributed by atoms with Crippen molar-refractivity contribution < 1.29 is 5.11 Å². The molecule has 0 aromatic carbocycles. The predicted molar refractivity (Wildman–Crippen MR) is 48.8 cm³/mol. The van der Waals surface area contributed by atoms with E-state index in [0.29, 0.717) is 12.4 Å². The lowest BCUT2D eigenvalue weighted by molar-refractivity contribution is 0.306. The van der Waals surface area contributed by atoms with Crippen molar-refractivity contribution in [3.8, 4) is 0 Å². The Morgan fingerprint density at radius 3 is 3.00 bits per heavy atom. The van der Waals surface area contributed by atoms with Gasteiger partial charge in [-0.05, 0) is 12.3 Å². The second-order valence-corrected chi connectivity index (χ2v) is 2.42. The number of aliphatic hydroxyl groups is 1. The van der Waals surface area contributed by atoms with Crippen molar-refractivity contribution in [3.05, 3.63) is 24.4 Å². The zero-order chi connectivity index (χ0) is 8.81. The Labute approximate surface area is 71.5 Å². The molecule has 4 heteroatoms. The van der Waals surface area contributed by atoms with E-state index in [1.54, 1.807) is 0 Å². The van der Waals surface area contributed by atoms with E-state index in [1.807, 2.05) is 24.4 Å². The fraction of sp³-hybridized carbons (Fsp3) is 0.375. The average molecular weight is 167 g/mol. The van der Waals surface area contributed by atoms with E-state index in [9.17, 15) is 0 Å². The van der Waals surface area contributed by atoms with Gasteiger partial charge in [-0.25, -0.2) is 0 Å². The Bertz CT molecular complexity index is 220. The zero-order valence-corrected chi connectivity index (χ0v) is 6.77. The molecule has 1 rings (SSSR count). The standard InChI is InChI=1S/C8H13N3O/c9-8(11-5-6-12)7-3-1-2-4-10-7/h1-4,7,10,12H,5-6H2,(H2,9,11). The molecule has 0 spiro atoms. The number of amidine groups is 1. The summed E-state index contributed by atoms with van der Waals surface area (Å²) in [6, 6.07) is -0.0263. The first-order chi connectivity index (χ1) is 5.84. The monoisotopic (exact) mass is 167 g/mol. The van der Waals surface area contributed by atoms with Gasteiger partial charge < -0.3 is 16.2 Å². The minimum Gasteiger partial charge on any atom is -0.394 e. The Kier molecular flexibility index (Phi) is 3.35. The van der Waals surface area contributed by atoms with Gasteiger partial charge in [0.2, 0.25) is 0 Å². The van der Waals surface area contributed by atoms with Crippen molar-refractivity contribution in [2.24, 2.45) is 10.7 Å². The number of hydrogen-bond donors (Lipinski definition) is 3. The first-order valence-electron chi connectivity index (χ1n) is 3.84. The van der Waals surface area contributed by atoms with E-state index in [-0.39, 0.29) is 12.6 Å². The van der Waals surface area contributed by atoms with Crippen LogP contribution in [0.25, 0.3) is 0 Å². The molecule has 0 aromatic rings. The average Bonchev–Trinajstić information content (AvgIpc) is 2.15. The molecule has 0 bridgehead atoms. The van der Waals surface area contributed by atoms with E-state index in [1.165, 1.54) is 0 Å². The summed E-state index contributed by atoms with van der Waals surface area (Å²) in [5.41, 5.74) is 5.63. The van der Waals surface area contributed by atoms with Gasteiger partial charge in [-0.1, -0.05) is 12.2 Å². The predicted octanol–water partition coefficient (Wildman–Crippen LogP) is -0.622. The van der Waals surface area contributed by atoms with Gasteiger partial charge in [0.1, 0.15) is 11.9 Å². The van der Waals surface area contributed by atoms with Crippen LogP contribution in [0.15, 0.2) is 29.4 Å². The highest BCUT2D eigenvalue weighted by Crippen LogP contribution is 1.94. The molecule has 0 saturated carbocycles. The first-order valence-corrected chi connectivity index (χ1v) is 3.84. The Morgan fingerprint density at radius 1 is 1.58 bits per heavy atom. The molecule has 1 atom stereocenters. The molecule has 1 heterocycles. The van der Waals surface area contributed by atoms with E-state index >= 15 is 0 Å². The number of nitrogens with zero attached hydrogens (tertiary/aromatic N) is 1. The maximum Gasteiger partial charge on any atom is 0.121 e. The molecule has 0 radical (unpaired) electrons. The molecule has 0 amide bonds. The number of allylic oxidation sites excluding steroid dienone is 2. The highest BCUT2D eigenvalue weighted by molar-refractivity contribution is 5.88. The van der Waals surface area contributed by atoms with Gasteiger partial charge in [0.05, 0.1) is 13.2 Å². The highest BCUT2D eigenvalue weighted by atomic mass is 16.3. The van der Waals surface area contributed by atoms with E-state index in [4.69, 9.17) is 10.8 Å². The molecule has 0 saturated heterocycles. The number of aliphatic hydroxyl groups excluding tert-OH is 1. The van der Waals surface area contributed by atoms with Crippen molar-refractivity contribution in [1.29, 1.82) is 0 Å². The third-order valence-corrected chi connectivity index (χ3v) is 1.50. The summed E-state index contributed by atoms with van der Waals surface area (Å²) in [4.78, 5) is 3.96. The van der Waals surface area contributed by atoms with Crippen LogP contribution in [-0.2, 0) is 0 Å². The molecular formula is C8H13N3O. The van der Waals surface area contributed by atoms with Gasteiger partial charge in [-0.3, -0.25) is 4.99 Å². The van der Waals surface area contributed by atoms with E-state index in [2.05, 4.69) is 10.3 Å².